The molecule has 0 atom stereocenters. The van der Waals surface area contributed by atoms with Crippen LogP contribution in [0.5, 0.6) is 0 Å². The van der Waals surface area contributed by atoms with Gasteiger partial charge in [-0.2, -0.15) is 0 Å². The highest BCUT2D eigenvalue weighted by Crippen LogP contribution is 2.22. The van der Waals surface area contributed by atoms with Crippen LogP contribution < -0.4 is 5.32 Å². The Kier molecular flexibility index (Phi) is 6.41. The van der Waals surface area contributed by atoms with E-state index in [1.54, 1.807) is 30.4 Å². The van der Waals surface area contributed by atoms with Crippen molar-refractivity contribution in [2.75, 3.05) is 12.4 Å². The molecule has 0 unspecified atom stereocenters. The fourth-order valence-electron chi connectivity index (χ4n) is 1.22. The second-order valence-corrected chi connectivity index (χ2v) is 4.48. The number of allylic oxidation sites excluding steroid dienone is 1. The van der Waals surface area contributed by atoms with Gasteiger partial charge in [0.1, 0.15) is 0 Å². The Morgan fingerprint density at radius 1 is 1.24 bits per heavy atom. The van der Waals surface area contributed by atoms with Gasteiger partial charge in [-0.1, -0.05) is 41.4 Å². The van der Waals surface area contributed by atoms with Crippen molar-refractivity contribution in [1.29, 1.82) is 0 Å². The number of alkyl halides is 1. The first kappa shape index (κ1) is 14.4. The quantitative estimate of drug-likeness (QED) is 0.653. The van der Waals surface area contributed by atoms with Gasteiger partial charge >= 0.3 is 0 Å². The van der Waals surface area contributed by atoms with Crippen LogP contribution in [0.25, 0.3) is 0 Å². The van der Waals surface area contributed by atoms with Crippen molar-refractivity contribution in [1.82, 2.24) is 5.32 Å². The Morgan fingerprint density at radius 2 is 2.00 bits per heavy atom. The van der Waals surface area contributed by atoms with E-state index in [0.717, 1.165) is 5.56 Å². The summed E-state index contributed by atoms with van der Waals surface area (Å²) in [4.78, 5) is 11.5. The van der Waals surface area contributed by atoms with Crippen LogP contribution in [0.1, 0.15) is 5.56 Å². The molecule has 0 aliphatic carbocycles. The van der Waals surface area contributed by atoms with Gasteiger partial charge in [0.15, 0.2) is 0 Å². The van der Waals surface area contributed by atoms with Gasteiger partial charge in [0.25, 0.3) is 0 Å². The molecular weight excluding hydrogens is 280 g/mol. The standard InChI is InChI=1S/C12H12Cl3NO/c13-5-1-2-6-16-12(17)8-9-3-4-10(14)11(15)7-9/h1-4,7H,5-6,8H2,(H,16,17)/b2-1+. The largest absolute Gasteiger partial charge is 0.352 e. The number of amides is 1. The van der Waals surface area contributed by atoms with E-state index in [2.05, 4.69) is 5.32 Å². The van der Waals surface area contributed by atoms with Gasteiger partial charge in [-0.25, -0.2) is 0 Å². The Hall–Kier alpha value is -0.700. The smallest absolute Gasteiger partial charge is 0.224 e. The van der Waals surface area contributed by atoms with Gasteiger partial charge in [0, 0.05) is 12.4 Å². The van der Waals surface area contributed by atoms with Gasteiger partial charge in [0.2, 0.25) is 5.91 Å². The fraction of sp³-hybridized carbons (Fsp3) is 0.250. The van der Waals surface area contributed by atoms with Gasteiger partial charge in [0.05, 0.1) is 16.5 Å². The van der Waals surface area contributed by atoms with Crippen molar-refractivity contribution in [2.45, 2.75) is 6.42 Å². The van der Waals surface area contributed by atoms with Crippen LogP contribution in [0.4, 0.5) is 0 Å². The monoisotopic (exact) mass is 291 g/mol. The Bertz CT molecular complexity index is 418. The molecule has 92 valence electrons. The predicted molar refractivity (Wildman–Crippen MR) is 73.0 cm³/mol. The Balaban J connectivity index is 2.45. The summed E-state index contributed by atoms with van der Waals surface area (Å²) < 4.78 is 0. The van der Waals surface area contributed by atoms with Crippen molar-refractivity contribution >= 4 is 40.7 Å². The van der Waals surface area contributed by atoms with Gasteiger partial charge in [-0.15, -0.1) is 11.6 Å². The number of rotatable bonds is 5. The normalized spacial score (nSPS) is 10.8. The zero-order valence-corrected chi connectivity index (χ0v) is 11.3. The molecule has 17 heavy (non-hydrogen) atoms. The number of nitrogens with one attached hydrogen (secondary N) is 1. The minimum atomic E-state index is -0.0670. The third-order valence-electron chi connectivity index (χ3n) is 2.02. The summed E-state index contributed by atoms with van der Waals surface area (Å²) in [5.74, 6) is 0.380. The van der Waals surface area contributed by atoms with Crippen molar-refractivity contribution in [2.24, 2.45) is 0 Å². The van der Waals surface area contributed by atoms with Gasteiger partial charge in [-0.3, -0.25) is 4.79 Å². The second-order valence-electron chi connectivity index (χ2n) is 3.36. The summed E-state index contributed by atoms with van der Waals surface area (Å²) in [6.45, 7) is 0.479. The zero-order chi connectivity index (χ0) is 12.7. The third-order valence-corrected chi connectivity index (χ3v) is 2.94. The van der Waals surface area contributed by atoms with Crippen molar-refractivity contribution in [3.63, 3.8) is 0 Å². The highest BCUT2D eigenvalue weighted by atomic mass is 35.5. The molecule has 2 nitrogen and oxygen atoms in total. The lowest BCUT2D eigenvalue weighted by Gasteiger charge is -2.04. The molecule has 0 saturated carbocycles. The zero-order valence-electron chi connectivity index (χ0n) is 9.05. The molecule has 1 aromatic carbocycles. The van der Waals surface area contributed by atoms with Crippen LogP contribution in [0.2, 0.25) is 10.0 Å². The van der Waals surface area contributed by atoms with Crippen LogP contribution in [0.15, 0.2) is 30.4 Å². The molecule has 0 aliphatic rings. The summed E-state index contributed by atoms with van der Waals surface area (Å²) >= 11 is 17.1. The molecular formula is C12H12Cl3NO. The SMILES string of the molecule is O=C(Cc1ccc(Cl)c(Cl)c1)NC/C=C/CCl. The summed E-state index contributed by atoms with van der Waals surface area (Å²) in [6.07, 6.45) is 3.87. The van der Waals surface area contributed by atoms with E-state index in [1.807, 2.05) is 0 Å². The average molecular weight is 293 g/mol. The second kappa shape index (κ2) is 7.59. The van der Waals surface area contributed by atoms with E-state index < -0.39 is 0 Å². The topological polar surface area (TPSA) is 29.1 Å². The minimum Gasteiger partial charge on any atom is -0.352 e. The van der Waals surface area contributed by atoms with Gasteiger partial charge < -0.3 is 5.32 Å². The highest BCUT2D eigenvalue weighted by molar-refractivity contribution is 6.42. The molecule has 1 rings (SSSR count). The number of hydrogen-bond acceptors (Lipinski definition) is 1. The first-order valence-electron chi connectivity index (χ1n) is 5.05. The maximum Gasteiger partial charge on any atom is 0.224 e. The Morgan fingerprint density at radius 3 is 2.65 bits per heavy atom. The molecule has 0 spiro atoms. The van der Waals surface area contributed by atoms with E-state index in [9.17, 15) is 4.79 Å². The molecule has 1 N–H and O–H groups in total. The van der Waals surface area contributed by atoms with Crippen LogP contribution in [0, 0.1) is 0 Å². The molecule has 0 aromatic heterocycles. The molecule has 1 amide bonds. The maximum atomic E-state index is 11.5. The molecule has 1 aromatic rings. The fourth-order valence-corrected chi connectivity index (χ4v) is 1.66. The average Bonchev–Trinajstić information content (AvgIpc) is 2.30. The lowest BCUT2D eigenvalue weighted by atomic mass is 10.1. The van der Waals surface area contributed by atoms with E-state index in [-0.39, 0.29) is 12.3 Å². The van der Waals surface area contributed by atoms with E-state index in [4.69, 9.17) is 34.8 Å². The van der Waals surface area contributed by atoms with Crippen LogP contribution in [-0.2, 0) is 11.2 Å². The first-order chi connectivity index (χ1) is 8.13. The molecule has 0 bridgehead atoms. The summed E-state index contributed by atoms with van der Waals surface area (Å²) in [6, 6.07) is 5.15. The van der Waals surface area contributed by atoms with Crippen LogP contribution >= 0.6 is 34.8 Å². The lowest BCUT2D eigenvalue weighted by molar-refractivity contribution is -0.120. The molecule has 0 heterocycles. The molecule has 0 aliphatic heterocycles. The summed E-state index contributed by atoms with van der Waals surface area (Å²) in [7, 11) is 0. The number of halogens is 3. The van der Waals surface area contributed by atoms with Crippen LogP contribution in [-0.4, -0.2) is 18.3 Å². The van der Waals surface area contributed by atoms with Gasteiger partial charge in [-0.05, 0) is 17.7 Å². The first-order valence-corrected chi connectivity index (χ1v) is 6.34. The molecule has 0 radical (unpaired) electrons. The van der Waals surface area contributed by atoms with Crippen molar-refractivity contribution < 1.29 is 4.79 Å². The Labute approximate surface area is 116 Å². The predicted octanol–water partition coefficient (Wildman–Crippen LogP) is 3.45. The summed E-state index contributed by atoms with van der Waals surface area (Å²) in [5, 5.41) is 3.68. The number of carbonyl (C=O) groups excluding carboxylic acids is 1. The maximum absolute atomic E-state index is 11.5. The highest BCUT2D eigenvalue weighted by Gasteiger charge is 2.04. The molecule has 0 fully saturated rings. The lowest BCUT2D eigenvalue weighted by Crippen LogP contribution is -2.25. The van der Waals surface area contributed by atoms with E-state index >= 15 is 0 Å². The third kappa shape index (κ3) is 5.44. The number of carbonyl (C=O) groups is 1. The number of hydrogen-bond donors (Lipinski definition) is 1. The molecule has 0 saturated heterocycles. The van der Waals surface area contributed by atoms with E-state index in [0.29, 0.717) is 22.5 Å². The minimum absolute atomic E-state index is 0.0670. The van der Waals surface area contributed by atoms with Crippen LogP contribution in [0.3, 0.4) is 0 Å². The summed E-state index contributed by atoms with van der Waals surface area (Å²) in [5.41, 5.74) is 0.832. The number of benzene rings is 1. The van der Waals surface area contributed by atoms with Crippen molar-refractivity contribution in [3.05, 3.63) is 46.0 Å². The molecule has 5 heteroatoms. The van der Waals surface area contributed by atoms with Crippen molar-refractivity contribution in [3.8, 4) is 0 Å². The van der Waals surface area contributed by atoms with E-state index in [1.165, 1.54) is 0 Å².